The molecule has 0 aliphatic heterocycles. The van der Waals surface area contributed by atoms with Gasteiger partial charge in [-0.15, -0.1) is 0 Å². The molecule has 1 rings (SSSR count). The highest BCUT2D eigenvalue weighted by atomic mass is 19.1. The lowest BCUT2D eigenvalue weighted by Gasteiger charge is -2.07. The van der Waals surface area contributed by atoms with Crippen LogP contribution in [0.1, 0.15) is 16.8 Å². The molecule has 0 aliphatic carbocycles. The predicted octanol–water partition coefficient (Wildman–Crippen LogP) is 0.532. The van der Waals surface area contributed by atoms with Gasteiger partial charge in [0.1, 0.15) is 0 Å². The normalized spacial score (nSPS) is 10.6. The van der Waals surface area contributed by atoms with E-state index in [0.29, 0.717) is 30.8 Å². The summed E-state index contributed by atoms with van der Waals surface area (Å²) in [5.74, 6) is -0.409. The number of aryl methyl sites for hydroxylation is 1. The highest BCUT2D eigenvalue weighted by molar-refractivity contribution is 5.26. The molecule has 0 saturated heterocycles. The second-order valence-corrected chi connectivity index (χ2v) is 3.26. The number of hydrogen-bond donors (Lipinski definition) is 2. The van der Waals surface area contributed by atoms with Gasteiger partial charge in [0.2, 0.25) is 5.95 Å². The Bertz CT molecular complexity index is 285. The van der Waals surface area contributed by atoms with Crippen LogP contribution in [0.4, 0.5) is 4.39 Å². The molecule has 1 heterocycles. The second-order valence-electron chi connectivity index (χ2n) is 3.26. The molecule has 4 N–H and O–H groups in total. The van der Waals surface area contributed by atoms with E-state index in [1.165, 1.54) is 0 Å². The zero-order chi connectivity index (χ0) is 10.6. The van der Waals surface area contributed by atoms with Gasteiger partial charge in [-0.3, -0.25) is 0 Å². The standard InChI is InChI=1S/C10H16FN3/c1-7-8(2-4-12)6-9(3-5-13)10(11)14-7/h6H,2-5,12-13H2,1H3. The number of aromatic nitrogens is 1. The zero-order valence-corrected chi connectivity index (χ0v) is 8.39. The van der Waals surface area contributed by atoms with Crippen LogP contribution >= 0.6 is 0 Å². The SMILES string of the molecule is Cc1nc(F)c(CCN)cc1CCN. The average Bonchev–Trinajstić information content (AvgIpc) is 2.14. The molecule has 0 amide bonds. The molecule has 0 aromatic carbocycles. The summed E-state index contributed by atoms with van der Waals surface area (Å²) in [7, 11) is 0. The van der Waals surface area contributed by atoms with Crippen molar-refractivity contribution in [1.29, 1.82) is 0 Å². The molecule has 0 atom stereocenters. The Labute approximate surface area is 83.3 Å². The maximum absolute atomic E-state index is 13.3. The van der Waals surface area contributed by atoms with Crippen LogP contribution in [-0.2, 0) is 12.8 Å². The van der Waals surface area contributed by atoms with Gasteiger partial charge in [-0.1, -0.05) is 0 Å². The third-order valence-electron chi connectivity index (χ3n) is 2.17. The smallest absolute Gasteiger partial charge is 0.216 e. The van der Waals surface area contributed by atoms with E-state index in [0.717, 1.165) is 12.0 Å². The molecule has 0 aliphatic rings. The highest BCUT2D eigenvalue weighted by Gasteiger charge is 2.07. The summed E-state index contributed by atoms with van der Waals surface area (Å²) in [6.07, 6.45) is 1.26. The van der Waals surface area contributed by atoms with E-state index in [1.807, 2.05) is 6.07 Å². The van der Waals surface area contributed by atoms with Crippen molar-refractivity contribution in [3.8, 4) is 0 Å². The van der Waals surface area contributed by atoms with E-state index in [9.17, 15) is 4.39 Å². The molecule has 1 aromatic rings. The van der Waals surface area contributed by atoms with E-state index in [-0.39, 0.29) is 0 Å². The van der Waals surface area contributed by atoms with Crippen LogP contribution in [0.5, 0.6) is 0 Å². The Balaban J connectivity index is 3.00. The number of halogens is 1. The van der Waals surface area contributed by atoms with Gasteiger partial charge in [-0.2, -0.15) is 4.39 Å². The van der Waals surface area contributed by atoms with Crippen LogP contribution in [0.15, 0.2) is 6.07 Å². The van der Waals surface area contributed by atoms with Crippen molar-refractivity contribution in [2.75, 3.05) is 13.1 Å². The van der Waals surface area contributed by atoms with Crippen LogP contribution in [0.25, 0.3) is 0 Å². The summed E-state index contributed by atoms with van der Waals surface area (Å²) >= 11 is 0. The molecule has 0 radical (unpaired) electrons. The fourth-order valence-electron chi connectivity index (χ4n) is 1.40. The van der Waals surface area contributed by atoms with Crippen molar-refractivity contribution >= 4 is 0 Å². The van der Waals surface area contributed by atoms with E-state index in [2.05, 4.69) is 4.98 Å². The number of hydrogen-bond acceptors (Lipinski definition) is 3. The summed E-state index contributed by atoms with van der Waals surface area (Å²) in [5, 5.41) is 0. The lowest BCUT2D eigenvalue weighted by atomic mass is 10.1. The van der Waals surface area contributed by atoms with Crippen LogP contribution in [0, 0.1) is 12.9 Å². The van der Waals surface area contributed by atoms with E-state index in [1.54, 1.807) is 6.92 Å². The third kappa shape index (κ3) is 2.49. The maximum Gasteiger partial charge on any atom is 0.216 e. The fourth-order valence-corrected chi connectivity index (χ4v) is 1.40. The van der Waals surface area contributed by atoms with Crippen molar-refractivity contribution in [3.05, 3.63) is 28.8 Å². The minimum Gasteiger partial charge on any atom is -0.330 e. The van der Waals surface area contributed by atoms with Crippen molar-refractivity contribution in [1.82, 2.24) is 4.98 Å². The highest BCUT2D eigenvalue weighted by Crippen LogP contribution is 2.12. The van der Waals surface area contributed by atoms with Gasteiger partial charge in [-0.25, -0.2) is 4.98 Å². The van der Waals surface area contributed by atoms with E-state index < -0.39 is 5.95 Å². The minimum atomic E-state index is -0.409. The Morgan fingerprint density at radius 2 is 1.79 bits per heavy atom. The second kappa shape index (κ2) is 5.02. The lowest BCUT2D eigenvalue weighted by Crippen LogP contribution is -2.10. The summed E-state index contributed by atoms with van der Waals surface area (Å²) in [6, 6.07) is 1.82. The van der Waals surface area contributed by atoms with Crippen LogP contribution in [0.3, 0.4) is 0 Å². The van der Waals surface area contributed by atoms with Gasteiger partial charge in [0, 0.05) is 11.3 Å². The monoisotopic (exact) mass is 197 g/mol. The van der Waals surface area contributed by atoms with Crippen molar-refractivity contribution in [2.45, 2.75) is 19.8 Å². The zero-order valence-electron chi connectivity index (χ0n) is 8.39. The Hall–Kier alpha value is -1.00. The Kier molecular flexibility index (Phi) is 3.98. The first kappa shape index (κ1) is 11.1. The van der Waals surface area contributed by atoms with E-state index in [4.69, 9.17) is 11.5 Å². The molecule has 14 heavy (non-hydrogen) atoms. The molecule has 78 valence electrons. The molecular formula is C10H16FN3. The first-order valence-corrected chi connectivity index (χ1v) is 4.74. The fraction of sp³-hybridized carbons (Fsp3) is 0.500. The van der Waals surface area contributed by atoms with Gasteiger partial charge < -0.3 is 11.5 Å². The average molecular weight is 197 g/mol. The third-order valence-corrected chi connectivity index (χ3v) is 2.17. The summed E-state index contributed by atoms with van der Waals surface area (Å²) < 4.78 is 13.3. The first-order chi connectivity index (χ1) is 6.69. The van der Waals surface area contributed by atoms with Crippen molar-refractivity contribution in [3.63, 3.8) is 0 Å². The summed E-state index contributed by atoms with van der Waals surface area (Å²) in [5.41, 5.74) is 13.1. The van der Waals surface area contributed by atoms with Crippen LogP contribution < -0.4 is 11.5 Å². The largest absolute Gasteiger partial charge is 0.330 e. The topological polar surface area (TPSA) is 64.9 Å². The molecule has 0 unspecified atom stereocenters. The molecule has 0 spiro atoms. The van der Waals surface area contributed by atoms with Crippen molar-refractivity contribution < 1.29 is 4.39 Å². The number of pyridine rings is 1. The molecule has 3 nitrogen and oxygen atoms in total. The van der Waals surface area contributed by atoms with E-state index >= 15 is 0 Å². The summed E-state index contributed by atoms with van der Waals surface area (Å²) in [4.78, 5) is 3.83. The molecule has 1 aromatic heterocycles. The molecule has 0 saturated carbocycles. The minimum absolute atomic E-state index is 0.409. The molecule has 0 bridgehead atoms. The maximum atomic E-state index is 13.3. The van der Waals surface area contributed by atoms with Gasteiger partial charge in [0.05, 0.1) is 0 Å². The van der Waals surface area contributed by atoms with Gasteiger partial charge in [0.15, 0.2) is 0 Å². The van der Waals surface area contributed by atoms with Gasteiger partial charge in [0.25, 0.3) is 0 Å². The van der Waals surface area contributed by atoms with Crippen molar-refractivity contribution in [2.24, 2.45) is 11.5 Å². The number of nitrogens with two attached hydrogens (primary N) is 2. The Morgan fingerprint density at radius 1 is 1.21 bits per heavy atom. The van der Waals surface area contributed by atoms with Gasteiger partial charge >= 0.3 is 0 Å². The summed E-state index contributed by atoms with van der Waals surface area (Å²) in [6.45, 7) is 2.78. The first-order valence-electron chi connectivity index (χ1n) is 4.74. The lowest BCUT2D eigenvalue weighted by molar-refractivity contribution is 0.560. The molecule has 4 heteroatoms. The van der Waals surface area contributed by atoms with Gasteiger partial charge in [-0.05, 0) is 44.5 Å². The number of rotatable bonds is 4. The Morgan fingerprint density at radius 3 is 2.36 bits per heavy atom. The number of nitrogens with zero attached hydrogens (tertiary/aromatic N) is 1. The molecular weight excluding hydrogens is 181 g/mol. The van der Waals surface area contributed by atoms with Crippen LogP contribution in [-0.4, -0.2) is 18.1 Å². The quantitative estimate of drug-likeness (QED) is 0.692. The molecule has 0 fully saturated rings. The predicted molar refractivity (Wildman–Crippen MR) is 54.4 cm³/mol. The van der Waals surface area contributed by atoms with Crippen LogP contribution in [0.2, 0.25) is 0 Å².